The summed E-state index contributed by atoms with van der Waals surface area (Å²) in [5, 5.41) is 6.48. The van der Waals surface area contributed by atoms with Crippen LogP contribution in [0.5, 0.6) is 5.75 Å². The van der Waals surface area contributed by atoms with Crippen molar-refractivity contribution in [2.45, 2.75) is 19.0 Å². The summed E-state index contributed by atoms with van der Waals surface area (Å²) in [6, 6.07) is 7.74. The molecule has 1 aliphatic heterocycles. The fourth-order valence-corrected chi connectivity index (χ4v) is 3.46. The van der Waals surface area contributed by atoms with E-state index < -0.39 is 0 Å². The molecular weight excluding hydrogens is 366 g/mol. The number of para-hydroxylation sites is 1. The largest absolute Gasteiger partial charge is 0.496 e. The number of nitrogens with one attached hydrogen (secondary N) is 2. The number of aryl methyl sites for hydroxylation is 1. The van der Waals surface area contributed by atoms with E-state index in [4.69, 9.17) is 4.74 Å². The van der Waals surface area contributed by atoms with Gasteiger partial charge in [0.1, 0.15) is 11.6 Å². The van der Waals surface area contributed by atoms with Crippen LogP contribution in [0.3, 0.4) is 0 Å². The molecule has 8 heteroatoms. The van der Waals surface area contributed by atoms with Crippen molar-refractivity contribution < 1.29 is 9.53 Å². The molecule has 1 aliphatic rings. The van der Waals surface area contributed by atoms with Gasteiger partial charge in [-0.3, -0.25) is 9.69 Å². The van der Waals surface area contributed by atoms with Crippen molar-refractivity contribution in [1.82, 2.24) is 25.1 Å². The van der Waals surface area contributed by atoms with E-state index in [0.717, 1.165) is 36.8 Å². The highest BCUT2D eigenvalue weighted by Crippen LogP contribution is 2.24. The fourth-order valence-electron chi connectivity index (χ4n) is 3.46. The van der Waals surface area contributed by atoms with Crippen LogP contribution in [0.1, 0.15) is 30.4 Å². The number of benzene rings is 1. The summed E-state index contributed by atoms with van der Waals surface area (Å²) in [6.45, 7) is 4.80. The van der Waals surface area contributed by atoms with Crippen molar-refractivity contribution in [1.29, 1.82) is 0 Å². The highest BCUT2D eigenvalue weighted by atomic mass is 35.5. The molecule has 27 heavy (non-hydrogen) atoms. The Hall–Kier alpha value is -2.09. The zero-order chi connectivity index (χ0) is 18.5. The van der Waals surface area contributed by atoms with E-state index in [2.05, 4.69) is 20.5 Å². The van der Waals surface area contributed by atoms with E-state index in [-0.39, 0.29) is 30.4 Å². The van der Waals surface area contributed by atoms with Crippen molar-refractivity contribution in [3.8, 4) is 5.75 Å². The van der Waals surface area contributed by atoms with Crippen molar-refractivity contribution in [2.75, 3.05) is 33.3 Å². The van der Waals surface area contributed by atoms with Gasteiger partial charge in [0.15, 0.2) is 0 Å². The van der Waals surface area contributed by atoms with Crippen LogP contribution in [0.4, 0.5) is 0 Å². The number of carbonyl (C=O) groups excluding carboxylic acids is 1. The number of imidazole rings is 1. The van der Waals surface area contributed by atoms with Gasteiger partial charge in [-0.05, 0) is 13.0 Å². The molecule has 2 unspecified atom stereocenters. The van der Waals surface area contributed by atoms with Gasteiger partial charge in [0, 0.05) is 44.6 Å². The van der Waals surface area contributed by atoms with Crippen LogP contribution in [0, 0.1) is 0 Å². The van der Waals surface area contributed by atoms with Gasteiger partial charge in [-0.1, -0.05) is 18.2 Å². The number of carbonyl (C=O) groups is 1. The first-order chi connectivity index (χ1) is 12.6. The first kappa shape index (κ1) is 21.2. The van der Waals surface area contributed by atoms with Crippen molar-refractivity contribution in [3.63, 3.8) is 0 Å². The van der Waals surface area contributed by atoms with E-state index in [1.54, 1.807) is 13.3 Å². The van der Waals surface area contributed by atoms with E-state index in [0.29, 0.717) is 6.54 Å². The van der Waals surface area contributed by atoms with Gasteiger partial charge in [-0.25, -0.2) is 4.98 Å². The van der Waals surface area contributed by atoms with Crippen molar-refractivity contribution >= 4 is 18.3 Å². The number of halogens is 1. The van der Waals surface area contributed by atoms with E-state index >= 15 is 0 Å². The van der Waals surface area contributed by atoms with Crippen molar-refractivity contribution in [3.05, 3.63) is 48.0 Å². The number of ether oxygens (including phenoxy) is 1. The molecular formula is C19H28ClN5O2. The molecule has 0 saturated carbocycles. The van der Waals surface area contributed by atoms with Crippen LogP contribution in [0.2, 0.25) is 0 Å². The van der Waals surface area contributed by atoms with Gasteiger partial charge in [0.25, 0.3) is 0 Å². The summed E-state index contributed by atoms with van der Waals surface area (Å²) >= 11 is 0. The predicted octanol–water partition coefficient (Wildman–Crippen LogP) is 1.67. The third-order valence-corrected chi connectivity index (χ3v) is 4.84. The number of amides is 1. The molecule has 2 atom stereocenters. The number of nitrogens with zero attached hydrogens (tertiary/aromatic N) is 3. The summed E-state index contributed by atoms with van der Waals surface area (Å²) in [7, 11) is 3.63. The Morgan fingerprint density at radius 1 is 1.44 bits per heavy atom. The Labute approximate surface area is 166 Å². The molecule has 1 fully saturated rings. The maximum Gasteiger partial charge on any atom is 0.234 e. The molecule has 7 nitrogen and oxygen atoms in total. The molecule has 1 saturated heterocycles. The SMILES string of the molecule is COc1ccccc1C(C)NC(=O)CN1CCNCC1c1nccn1C.Cl. The summed E-state index contributed by atoms with van der Waals surface area (Å²) < 4.78 is 7.41. The van der Waals surface area contributed by atoms with Gasteiger partial charge in [0.05, 0.1) is 25.7 Å². The minimum Gasteiger partial charge on any atom is -0.496 e. The molecule has 1 amide bonds. The third kappa shape index (κ3) is 5.00. The predicted molar refractivity (Wildman–Crippen MR) is 107 cm³/mol. The van der Waals surface area contributed by atoms with Gasteiger partial charge in [-0.15, -0.1) is 12.4 Å². The number of rotatable bonds is 6. The highest BCUT2D eigenvalue weighted by molar-refractivity contribution is 5.85. The topological polar surface area (TPSA) is 71.4 Å². The Morgan fingerprint density at radius 3 is 2.93 bits per heavy atom. The van der Waals surface area contributed by atoms with E-state index in [9.17, 15) is 4.79 Å². The summed E-state index contributed by atoms with van der Waals surface area (Å²) in [5.41, 5.74) is 0.976. The summed E-state index contributed by atoms with van der Waals surface area (Å²) in [5.74, 6) is 1.76. The van der Waals surface area contributed by atoms with Gasteiger partial charge in [-0.2, -0.15) is 0 Å². The smallest absolute Gasteiger partial charge is 0.234 e. The Bertz CT molecular complexity index is 751. The van der Waals surface area contributed by atoms with Crippen LogP contribution in [-0.2, 0) is 11.8 Å². The Balaban J connectivity index is 0.00000261. The van der Waals surface area contributed by atoms with Crippen LogP contribution in [0.25, 0.3) is 0 Å². The Morgan fingerprint density at radius 2 is 2.22 bits per heavy atom. The average Bonchev–Trinajstić information content (AvgIpc) is 3.07. The molecule has 0 aliphatic carbocycles. The molecule has 2 N–H and O–H groups in total. The third-order valence-electron chi connectivity index (χ3n) is 4.84. The summed E-state index contributed by atoms with van der Waals surface area (Å²) in [4.78, 5) is 19.3. The zero-order valence-electron chi connectivity index (χ0n) is 16.0. The van der Waals surface area contributed by atoms with Gasteiger partial charge < -0.3 is 19.9 Å². The lowest BCUT2D eigenvalue weighted by atomic mass is 10.1. The lowest BCUT2D eigenvalue weighted by molar-refractivity contribution is -0.123. The molecule has 0 radical (unpaired) electrons. The van der Waals surface area contributed by atoms with E-state index in [1.165, 1.54) is 0 Å². The van der Waals surface area contributed by atoms with Crippen LogP contribution >= 0.6 is 12.4 Å². The second-order valence-electron chi connectivity index (χ2n) is 6.62. The highest BCUT2D eigenvalue weighted by Gasteiger charge is 2.28. The molecule has 1 aromatic carbocycles. The standard InChI is InChI=1S/C19H27N5O2.ClH/c1-14(15-6-4-5-7-17(15)26-3)22-18(25)13-24-11-8-20-12-16(24)19-21-9-10-23(19)2;/h4-7,9-10,14,16,20H,8,11-13H2,1-3H3,(H,22,25);1H. The van der Waals surface area contributed by atoms with Crippen LogP contribution in [0.15, 0.2) is 36.7 Å². The first-order valence-electron chi connectivity index (χ1n) is 8.94. The molecule has 0 spiro atoms. The number of methoxy groups -OCH3 is 1. The number of hydrogen-bond donors (Lipinski definition) is 2. The monoisotopic (exact) mass is 393 g/mol. The lowest BCUT2D eigenvalue weighted by Crippen LogP contribution is -2.50. The number of piperazine rings is 1. The maximum atomic E-state index is 12.7. The zero-order valence-corrected chi connectivity index (χ0v) is 16.8. The van der Waals surface area contributed by atoms with Crippen molar-refractivity contribution in [2.24, 2.45) is 7.05 Å². The molecule has 1 aromatic heterocycles. The van der Waals surface area contributed by atoms with Crippen LogP contribution in [-0.4, -0.2) is 53.6 Å². The van der Waals surface area contributed by atoms with E-state index in [1.807, 2.05) is 49.0 Å². The maximum absolute atomic E-state index is 12.7. The molecule has 3 rings (SSSR count). The first-order valence-corrected chi connectivity index (χ1v) is 8.94. The average molecular weight is 394 g/mol. The summed E-state index contributed by atoms with van der Waals surface area (Å²) in [6.07, 6.45) is 3.73. The normalized spacial score (nSPS) is 18.4. The molecule has 148 valence electrons. The lowest BCUT2D eigenvalue weighted by Gasteiger charge is -2.35. The van der Waals surface area contributed by atoms with Gasteiger partial charge in [0.2, 0.25) is 5.91 Å². The Kier molecular flexibility index (Phi) is 7.65. The molecule has 0 bridgehead atoms. The molecule has 2 aromatic rings. The number of hydrogen-bond acceptors (Lipinski definition) is 5. The minimum atomic E-state index is -0.117. The quantitative estimate of drug-likeness (QED) is 0.781. The van der Waals surface area contributed by atoms with Gasteiger partial charge >= 0.3 is 0 Å². The van der Waals surface area contributed by atoms with Crippen LogP contribution < -0.4 is 15.4 Å². The minimum absolute atomic E-state index is 0. The second-order valence-corrected chi connectivity index (χ2v) is 6.62. The fraction of sp³-hybridized carbons (Fsp3) is 0.474. The second kappa shape index (κ2) is 9.73. The molecule has 2 heterocycles. The number of aromatic nitrogens is 2.